The van der Waals surface area contributed by atoms with Crippen molar-refractivity contribution in [3.63, 3.8) is 0 Å². The maximum atomic E-state index is 9.10. The van der Waals surface area contributed by atoms with Gasteiger partial charge in [-0.15, -0.1) is 0 Å². The van der Waals surface area contributed by atoms with Crippen molar-refractivity contribution in [1.82, 2.24) is 4.90 Å². The van der Waals surface area contributed by atoms with Gasteiger partial charge in [-0.25, -0.2) is 0 Å². The zero-order chi connectivity index (χ0) is 14.2. The van der Waals surface area contributed by atoms with Crippen molar-refractivity contribution in [3.8, 4) is 0 Å². The van der Waals surface area contributed by atoms with Crippen molar-refractivity contribution in [2.45, 2.75) is 58.2 Å². The molecule has 2 rings (SSSR count). The highest BCUT2D eigenvalue weighted by molar-refractivity contribution is 7.99. The Morgan fingerprint density at radius 2 is 2.00 bits per heavy atom. The fourth-order valence-corrected chi connectivity index (χ4v) is 3.61. The molecule has 0 spiro atoms. The first-order valence-corrected chi connectivity index (χ1v) is 8.99. The van der Waals surface area contributed by atoms with Crippen LogP contribution in [0.1, 0.15) is 50.5 Å². The third kappa shape index (κ3) is 4.83. The summed E-state index contributed by atoms with van der Waals surface area (Å²) in [5.41, 5.74) is 0. The number of hydrogen-bond donors (Lipinski definition) is 1. The highest BCUT2D eigenvalue weighted by atomic mass is 32.2. The van der Waals surface area contributed by atoms with E-state index < -0.39 is 0 Å². The van der Waals surface area contributed by atoms with E-state index in [0.717, 1.165) is 18.8 Å². The number of thioether (sulfide) groups is 1. The summed E-state index contributed by atoms with van der Waals surface area (Å²) >= 11 is 2.01. The van der Waals surface area contributed by atoms with Gasteiger partial charge in [-0.2, -0.15) is 11.8 Å². The normalized spacial score (nSPS) is 16.9. The average Bonchev–Trinajstić information content (AvgIpc) is 2.95. The fourth-order valence-electron chi connectivity index (χ4n) is 2.96. The summed E-state index contributed by atoms with van der Waals surface area (Å²) in [4.78, 5) is 2.59. The van der Waals surface area contributed by atoms with Gasteiger partial charge >= 0.3 is 0 Å². The van der Waals surface area contributed by atoms with E-state index in [9.17, 15) is 0 Å². The first-order chi connectivity index (χ1) is 9.83. The lowest BCUT2D eigenvalue weighted by Gasteiger charge is -2.33. The molecule has 0 amide bonds. The van der Waals surface area contributed by atoms with Gasteiger partial charge in [-0.05, 0) is 30.7 Å². The van der Waals surface area contributed by atoms with Gasteiger partial charge < -0.3 is 9.52 Å². The molecule has 1 aromatic heterocycles. The number of furan rings is 1. The Kier molecular flexibility index (Phi) is 6.97. The van der Waals surface area contributed by atoms with Crippen LogP contribution < -0.4 is 0 Å². The third-order valence-corrected chi connectivity index (χ3v) is 4.93. The summed E-state index contributed by atoms with van der Waals surface area (Å²) < 4.78 is 5.66. The summed E-state index contributed by atoms with van der Waals surface area (Å²) in [7, 11) is 0. The molecule has 1 aliphatic carbocycles. The first kappa shape index (κ1) is 15.9. The van der Waals surface area contributed by atoms with Gasteiger partial charge in [0.1, 0.15) is 18.1 Å². The summed E-state index contributed by atoms with van der Waals surface area (Å²) in [6.45, 7) is 4.23. The van der Waals surface area contributed by atoms with Gasteiger partial charge in [0.05, 0.1) is 6.54 Å². The molecule has 4 heteroatoms. The molecular formula is C16H27NO2S. The molecule has 0 radical (unpaired) electrons. The molecule has 0 saturated heterocycles. The van der Waals surface area contributed by atoms with E-state index in [4.69, 9.17) is 9.52 Å². The van der Waals surface area contributed by atoms with Crippen molar-refractivity contribution in [2.75, 3.05) is 18.1 Å². The Balaban J connectivity index is 1.93. The van der Waals surface area contributed by atoms with Gasteiger partial charge in [0, 0.05) is 18.3 Å². The SMILES string of the molecule is CCSCCN(Cc1ccc(CO)o1)C1CCCCC1. The molecule has 0 bridgehead atoms. The van der Waals surface area contributed by atoms with Crippen LogP contribution in [0.4, 0.5) is 0 Å². The van der Waals surface area contributed by atoms with Gasteiger partial charge in [0.25, 0.3) is 0 Å². The molecule has 0 atom stereocenters. The zero-order valence-corrected chi connectivity index (χ0v) is 13.3. The van der Waals surface area contributed by atoms with Crippen molar-refractivity contribution in [2.24, 2.45) is 0 Å². The van der Waals surface area contributed by atoms with E-state index in [1.807, 2.05) is 23.9 Å². The minimum atomic E-state index is -0.00485. The molecule has 3 nitrogen and oxygen atoms in total. The highest BCUT2D eigenvalue weighted by Crippen LogP contribution is 2.25. The molecule has 1 aliphatic rings. The summed E-state index contributed by atoms with van der Waals surface area (Å²) in [5, 5.41) is 9.10. The lowest BCUT2D eigenvalue weighted by atomic mass is 9.94. The molecule has 1 aromatic rings. The van der Waals surface area contributed by atoms with Crippen LogP contribution in [0.2, 0.25) is 0 Å². The third-order valence-electron chi connectivity index (χ3n) is 4.05. The second-order valence-electron chi connectivity index (χ2n) is 5.49. The lowest BCUT2D eigenvalue weighted by molar-refractivity contribution is 0.144. The Bertz CT molecular complexity index is 374. The molecule has 114 valence electrons. The zero-order valence-electron chi connectivity index (χ0n) is 12.5. The van der Waals surface area contributed by atoms with Crippen molar-refractivity contribution in [3.05, 3.63) is 23.7 Å². The standard InChI is InChI=1S/C16H27NO2S/c1-2-20-11-10-17(14-6-4-3-5-7-14)12-15-8-9-16(13-18)19-15/h8-9,14,18H,2-7,10-13H2,1H3. The van der Waals surface area contributed by atoms with E-state index in [1.165, 1.54) is 43.6 Å². The Labute approximate surface area is 126 Å². The van der Waals surface area contributed by atoms with Crippen LogP contribution in [0, 0.1) is 0 Å². The average molecular weight is 297 g/mol. The van der Waals surface area contributed by atoms with Gasteiger partial charge in [0.15, 0.2) is 0 Å². The summed E-state index contributed by atoms with van der Waals surface area (Å²) in [6, 6.07) is 4.60. The van der Waals surface area contributed by atoms with Crippen molar-refractivity contribution >= 4 is 11.8 Å². The fraction of sp³-hybridized carbons (Fsp3) is 0.750. The van der Waals surface area contributed by atoms with Crippen LogP contribution >= 0.6 is 11.8 Å². The van der Waals surface area contributed by atoms with E-state index in [1.54, 1.807) is 0 Å². The maximum absolute atomic E-state index is 9.10. The van der Waals surface area contributed by atoms with Crippen LogP contribution in [0.25, 0.3) is 0 Å². The van der Waals surface area contributed by atoms with Crippen LogP contribution in [0.3, 0.4) is 0 Å². The predicted molar refractivity (Wildman–Crippen MR) is 84.9 cm³/mol. The highest BCUT2D eigenvalue weighted by Gasteiger charge is 2.21. The number of aliphatic hydroxyl groups is 1. The quantitative estimate of drug-likeness (QED) is 0.743. The van der Waals surface area contributed by atoms with Crippen LogP contribution in [-0.2, 0) is 13.2 Å². The Morgan fingerprint density at radius 3 is 2.65 bits per heavy atom. The molecule has 1 fully saturated rings. The Hall–Kier alpha value is -0.450. The topological polar surface area (TPSA) is 36.6 Å². The van der Waals surface area contributed by atoms with E-state index >= 15 is 0 Å². The van der Waals surface area contributed by atoms with Crippen LogP contribution in [0.5, 0.6) is 0 Å². The minimum Gasteiger partial charge on any atom is -0.462 e. The molecular weight excluding hydrogens is 270 g/mol. The smallest absolute Gasteiger partial charge is 0.129 e. The number of nitrogens with zero attached hydrogens (tertiary/aromatic N) is 1. The van der Waals surface area contributed by atoms with E-state index in [0.29, 0.717) is 11.8 Å². The molecule has 1 heterocycles. The first-order valence-electron chi connectivity index (χ1n) is 7.83. The molecule has 20 heavy (non-hydrogen) atoms. The van der Waals surface area contributed by atoms with Gasteiger partial charge in [-0.3, -0.25) is 4.90 Å². The van der Waals surface area contributed by atoms with Crippen LogP contribution in [-0.4, -0.2) is 34.1 Å². The monoisotopic (exact) mass is 297 g/mol. The van der Waals surface area contributed by atoms with Gasteiger partial charge in [-0.1, -0.05) is 26.2 Å². The molecule has 1 N–H and O–H groups in total. The van der Waals surface area contributed by atoms with Crippen LogP contribution in [0.15, 0.2) is 16.5 Å². The van der Waals surface area contributed by atoms with E-state index in [-0.39, 0.29) is 6.61 Å². The number of hydrogen-bond acceptors (Lipinski definition) is 4. The number of rotatable bonds is 8. The minimum absolute atomic E-state index is 0.00485. The second-order valence-corrected chi connectivity index (χ2v) is 6.88. The predicted octanol–water partition coefficient (Wildman–Crippen LogP) is 3.66. The largest absolute Gasteiger partial charge is 0.462 e. The molecule has 0 aliphatic heterocycles. The Morgan fingerprint density at radius 1 is 1.25 bits per heavy atom. The van der Waals surface area contributed by atoms with Crippen molar-refractivity contribution in [1.29, 1.82) is 0 Å². The van der Waals surface area contributed by atoms with Crippen molar-refractivity contribution < 1.29 is 9.52 Å². The molecule has 0 unspecified atom stereocenters. The summed E-state index contributed by atoms with van der Waals surface area (Å²) in [6.07, 6.45) is 6.77. The molecule has 1 saturated carbocycles. The lowest BCUT2D eigenvalue weighted by Crippen LogP contribution is -2.37. The maximum Gasteiger partial charge on any atom is 0.129 e. The van der Waals surface area contributed by atoms with Gasteiger partial charge in [0.2, 0.25) is 0 Å². The number of aliphatic hydroxyl groups excluding tert-OH is 1. The summed E-state index contributed by atoms with van der Waals surface area (Å²) in [5.74, 6) is 4.04. The molecule has 0 aromatic carbocycles. The van der Waals surface area contributed by atoms with E-state index in [2.05, 4.69) is 11.8 Å². The second kappa shape index (κ2) is 8.75.